The molecule has 1 atom stereocenters. The summed E-state index contributed by atoms with van der Waals surface area (Å²) in [6, 6.07) is 6.22. The van der Waals surface area contributed by atoms with Gasteiger partial charge in [-0.25, -0.2) is 4.99 Å². The third-order valence-electron chi connectivity index (χ3n) is 2.19. The van der Waals surface area contributed by atoms with Crippen LogP contribution in [-0.2, 0) is 9.59 Å². The molecule has 6 nitrogen and oxygen atoms in total. The molecule has 1 amide bonds. The Kier molecular flexibility index (Phi) is 3.52. The molecule has 1 aromatic carbocycles. The van der Waals surface area contributed by atoms with Gasteiger partial charge in [0.1, 0.15) is 5.75 Å². The summed E-state index contributed by atoms with van der Waals surface area (Å²) in [5.41, 5.74) is 0.479. The van der Waals surface area contributed by atoms with E-state index in [1.165, 1.54) is 12.1 Å². The van der Waals surface area contributed by atoms with Crippen molar-refractivity contribution in [2.75, 3.05) is 0 Å². The van der Waals surface area contributed by atoms with E-state index >= 15 is 0 Å². The molecule has 1 unspecified atom stereocenters. The predicted molar refractivity (Wildman–Crippen MR) is 64.3 cm³/mol. The molecule has 0 spiro atoms. The van der Waals surface area contributed by atoms with Gasteiger partial charge in [0.05, 0.1) is 10.9 Å². The van der Waals surface area contributed by atoms with E-state index in [-0.39, 0.29) is 12.2 Å². The Hall–Kier alpha value is -2.02. The van der Waals surface area contributed by atoms with E-state index in [9.17, 15) is 19.8 Å². The van der Waals surface area contributed by atoms with Crippen LogP contribution in [0.4, 0.5) is 5.69 Å². The fourth-order valence-corrected chi connectivity index (χ4v) is 2.40. The largest absolute Gasteiger partial charge is 0.550 e. The van der Waals surface area contributed by atoms with Crippen molar-refractivity contribution >= 4 is 34.5 Å². The first-order valence-corrected chi connectivity index (χ1v) is 5.97. The van der Waals surface area contributed by atoms with E-state index in [0.29, 0.717) is 10.9 Å². The van der Waals surface area contributed by atoms with Crippen LogP contribution in [0.25, 0.3) is 0 Å². The number of rotatable bonds is 3. The molecule has 2 N–H and O–H groups in total. The number of aliphatic imine (C=N–C) groups is 1. The highest BCUT2D eigenvalue weighted by atomic mass is 32.2. The normalized spacial score (nSPS) is 21.0. The molecule has 18 heavy (non-hydrogen) atoms. The van der Waals surface area contributed by atoms with E-state index in [0.717, 1.165) is 11.8 Å². The third-order valence-corrected chi connectivity index (χ3v) is 3.27. The summed E-state index contributed by atoms with van der Waals surface area (Å²) in [7, 11) is 0. The summed E-state index contributed by atoms with van der Waals surface area (Å²) >= 11 is 1.03. The molecule has 0 aliphatic carbocycles. The van der Waals surface area contributed by atoms with E-state index in [2.05, 4.69) is 10.3 Å². The Labute approximate surface area is 107 Å². The minimum Gasteiger partial charge on any atom is -0.550 e. The zero-order valence-electron chi connectivity index (χ0n) is 9.12. The van der Waals surface area contributed by atoms with Crippen molar-refractivity contribution in [1.82, 2.24) is 5.32 Å². The smallest absolute Gasteiger partial charge is 0.239 e. The number of benzene rings is 1. The number of carbonyl (C=O) groups is 2. The Morgan fingerprint density at radius 3 is 3.00 bits per heavy atom. The number of phenols is 1. The maximum atomic E-state index is 11.4. The van der Waals surface area contributed by atoms with Gasteiger partial charge in [-0.05, 0) is 12.1 Å². The van der Waals surface area contributed by atoms with Gasteiger partial charge in [-0.2, -0.15) is 0 Å². The first-order valence-electron chi connectivity index (χ1n) is 5.09. The number of hydrogen-bond donors (Lipinski definition) is 2. The molecule has 1 heterocycles. The molecule has 1 aliphatic rings. The van der Waals surface area contributed by atoms with Crippen LogP contribution in [0.3, 0.4) is 0 Å². The number of thioether (sulfide) groups is 1. The van der Waals surface area contributed by atoms with Crippen molar-refractivity contribution in [3.8, 4) is 5.75 Å². The van der Waals surface area contributed by atoms with Crippen LogP contribution in [0.15, 0.2) is 29.3 Å². The minimum absolute atomic E-state index is 0.0671. The number of nitrogens with zero attached hydrogens (tertiary/aromatic N) is 1. The average molecular weight is 265 g/mol. The average Bonchev–Trinajstić information content (AvgIpc) is 2.58. The molecule has 0 saturated carbocycles. The summed E-state index contributed by atoms with van der Waals surface area (Å²) < 4.78 is 0. The van der Waals surface area contributed by atoms with Crippen molar-refractivity contribution in [2.45, 2.75) is 11.7 Å². The van der Waals surface area contributed by atoms with Gasteiger partial charge in [0, 0.05) is 18.5 Å². The second kappa shape index (κ2) is 5.09. The summed E-state index contributed by atoms with van der Waals surface area (Å²) in [5.74, 6) is -1.61. The standard InChI is InChI=1S/C11H10N2O4S/c14-7-3-1-2-6(4-7)12-11-13-10(17)8(18-11)5-9(15)16/h1-4,8,14H,5H2,(H,15,16)(H,12,13,17)/p-1. The summed E-state index contributed by atoms with van der Waals surface area (Å²) in [4.78, 5) is 26.0. The molecule has 1 aromatic rings. The fourth-order valence-electron chi connectivity index (χ4n) is 1.42. The Balaban J connectivity index is 2.12. The molecule has 94 valence electrons. The van der Waals surface area contributed by atoms with Crippen molar-refractivity contribution < 1.29 is 19.8 Å². The summed E-state index contributed by atoms with van der Waals surface area (Å²) in [5, 5.41) is 21.8. The second-order valence-corrected chi connectivity index (χ2v) is 4.80. The predicted octanol–water partition coefficient (Wildman–Crippen LogP) is -0.249. The first kappa shape index (κ1) is 12.4. The fraction of sp³-hybridized carbons (Fsp3) is 0.182. The van der Waals surface area contributed by atoms with E-state index in [1.54, 1.807) is 12.1 Å². The third kappa shape index (κ3) is 3.01. The monoisotopic (exact) mass is 265 g/mol. The molecule has 1 fully saturated rings. The molecule has 2 rings (SSSR count). The van der Waals surface area contributed by atoms with Crippen molar-refractivity contribution in [3.05, 3.63) is 24.3 Å². The Bertz CT molecular complexity index is 530. The lowest BCUT2D eigenvalue weighted by Crippen LogP contribution is -2.31. The SMILES string of the molecule is O=C([O-])CC1SC(=Nc2cccc(O)c2)NC1=O. The molecule has 0 bridgehead atoms. The molecule has 1 saturated heterocycles. The molecule has 0 aromatic heterocycles. The lowest BCUT2D eigenvalue weighted by Gasteiger charge is -2.04. The van der Waals surface area contributed by atoms with E-state index < -0.39 is 17.1 Å². The lowest BCUT2D eigenvalue weighted by atomic mass is 10.3. The number of amides is 1. The van der Waals surface area contributed by atoms with Gasteiger partial charge in [-0.3, -0.25) is 4.79 Å². The quantitative estimate of drug-likeness (QED) is 0.784. The highest BCUT2D eigenvalue weighted by Gasteiger charge is 2.30. The van der Waals surface area contributed by atoms with Crippen molar-refractivity contribution in [1.29, 1.82) is 0 Å². The van der Waals surface area contributed by atoms with Gasteiger partial charge in [0.2, 0.25) is 5.91 Å². The summed E-state index contributed by atoms with van der Waals surface area (Å²) in [6.45, 7) is 0. The van der Waals surface area contributed by atoms with Crippen LogP contribution in [0.1, 0.15) is 6.42 Å². The van der Waals surface area contributed by atoms with Crippen molar-refractivity contribution in [3.63, 3.8) is 0 Å². The number of amidine groups is 1. The highest BCUT2D eigenvalue weighted by Crippen LogP contribution is 2.26. The number of aromatic hydroxyl groups is 1. The first-order chi connectivity index (χ1) is 8.54. The number of aliphatic carboxylic acids is 1. The van der Waals surface area contributed by atoms with Crippen LogP contribution in [0.2, 0.25) is 0 Å². The molecule has 7 heteroatoms. The maximum Gasteiger partial charge on any atom is 0.239 e. The molecular formula is C11H9N2O4S-. The highest BCUT2D eigenvalue weighted by molar-refractivity contribution is 8.15. The second-order valence-electron chi connectivity index (χ2n) is 3.61. The van der Waals surface area contributed by atoms with Gasteiger partial charge in [-0.15, -0.1) is 0 Å². The zero-order chi connectivity index (χ0) is 13.1. The summed E-state index contributed by atoms with van der Waals surface area (Å²) in [6.07, 6.45) is -0.352. The van der Waals surface area contributed by atoms with Gasteiger partial charge in [0.15, 0.2) is 5.17 Å². The Morgan fingerprint density at radius 1 is 1.56 bits per heavy atom. The van der Waals surface area contributed by atoms with E-state index in [1.807, 2.05) is 0 Å². The number of phenolic OH excluding ortho intramolecular Hbond substituents is 1. The Morgan fingerprint density at radius 2 is 2.33 bits per heavy atom. The van der Waals surface area contributed by atoms with Crippen LogP contribution < -0.4 is 10.4 Å². The number of nitrogens with one attached hydrogen (secondary N) is 1. The van der Waals surface area contributed by atoms with E-state index in [4.69, 9.17) is 0 Å². The maximum absolute atomic E-state index is 11.4. The zero-order valence-corrected chi connectivity index (χ0v) is 9.94. The topological polar surface area (TPSA) is 102 Å². The van der Waals surface area contributed by atoms with Gasteiger partial charge >= 0.3 is 0 Å². The van der Waals surface area contributed by atoms with Crippen LogP contribution >= 0.6 is 11.8 Å². The minimum atomic E-state index is -1.28. The molecular weight excluding hydrogens is 256 g/mol. The van der Waals surface area contributed by atoms with Crippen LogP contribution in [0.5, 0.6) is 5.75 Å². The molecule has 1 aliphatic heterocycles. The number of hydrogen-bond acceptors (Lipinski definition) is 6. The number of carbonyl (C=O) groups excluding carboxylic acids is 2. The van der Waals surface area contributed by atoms with Crippen molar-refractivity contribution in [2.24, 2.45) is 4.99 Å². The van der Waals surface area contributed by atoms with Gasteiger partial charge in [0.25, 0.3) is 0 Å². The number of carboxylic acid groups (broad SMARTS) is 1. The van der Waals surface area contributed by atoms with Crippen LogP contribution in [-0.4, -0.2) is 27.4 Å². The molecule has 0 radical (unpaired) electrons. The van der Waals surface area contributed by atoms with Crippen LogP contribution in [0, 0.1) is 0 Å². The lowest BCUT2D eigenvalue weighted by molar-refractivity contribution is -0.305. The number of carboxylic acids is 1. The van der Waals surface area contributed by atoms with Gasteiger partial charge < -0.3 is 20.3 Å². The van der Waals surface area contributed by atoms with Gasteiger partial charge in [-0.1, -0.05) is 17.8 Å².